The summed E-state index contributed by atoms with van der Waals surface area (Å²) in [5.74, 6) is -0.254. The van der Waals surface area contributed by atoms with E-state index in [1.54, 1.807) is 30.3 Å². The minimum atomic E-state index is -3.66. The highest BCUT2D eigenvalue weighted by molar-refractivity contribution is 14.2. The Bertz CT molecular complexity index is 932. The maximum atomic E-state index is 14.4. The van der Waals surface area contributed by atoms with Crippen molar-refractivity contribution in [3.8, 4) is 22.4 Å². The monoisotopic (exact) mass is 423 g/mol. The molecule has 7 heteroatoms. The van der Waals surface area contributed by atoms with Crippen LogP contribution in [0.25, 0.3) is 22.4 Å². The highest BCUT2D eigenvalue weighted by Crippen LogP contribution is 2.32. The molecule has 2 aromatic carbocycles. The molecule has 0 fully saturated rings. The molecule has 2 N–H and O–H groups in total. The number of nitrogen functional groups attached to an aromatic ring is 1. The van der Waals surface area contributed by atoms with E-state index in [1.807, 2.05) is 0 Å². The Morgan fingerprint density at radius 2 is 1.74 bits per heavy atom. The number of hydrogen-bond acceptors (Lipinski definition) is 5. The van der Waals surface area contributed by atoms with Crippen molar-refractivity contribution in [1.29, 1.82) is 0 Å². The molecule has 0 spiro atoms. The molecular formula is C16H11FIN3O2. The highest BCUT2D eigenvalue weighted by Gasteiger charge is 2.12. The minimum Gasteiger partial charge on any atom is -0.382 e. The Kier molecular flexibility index (Phi) is 4.28. The van der Waals surface area contributed by atoms with Gasteiger partial charge in [-0.2, -0.15) is 0 Å². The van der Waals surface area contributed by atoms with Crippen molar-refractivity contribution in [2.75, 3.05) is 5.73 Å². The number of nitrogens with zero attached hydrogens (tertiary/aromatic N) is 2. The van der Waals surface area contributed by atoms with E-state index in [4.69, 9.17) is 5.73 Å². The van der Waals surface area contributed by atoms with Gasteiger partial charge >= 0.3 is 19.8 Å². The fourth-order valence-corrected chi connectivity index (χ4v) is 3.66. The van der Waals surface area contributed by atoms with Crippen LogP contribution in [0.1, 0.15) is 0 Å². The van der Waals surface area contributed by atoms with Crippen molar-refractivity contribution in [3.05, 3.63) is 64.2 Å². The van der Waals surface area contributed by atoms with Gasteiger partial charge in [0.15, 0.2) is 0 Å². The molecule has 1 heterocycles. The van der Waals surface area contributed by atoms with Gasteiger partial charge in [-0.05, 0) is 23.8 Å². The lowest BCUT2D eigenvalue weighted by atomic mass is 10.0. The van der Waals surface area contributed by atoms with Crippen LogP contribution in [-0.4, -0.2) is 9.97 Å². The molecule has 0 saturated heterocycles. The van der Waals surface area contributed by atoms with Gasteiger partial charge in [0.25, 0.3) is 0 Å². The standard InChI is InChI=1S/C16H11FIN3O2/c17-13-7-10(11-3-1-2-4-14(11)18(22)23)5-6-12(13)15-8-21-16(19)9-20-15/h1-9H,(H2,19,21). The van der Waals surface area contributed by atoms with Crippen molar-refractivity contribution in [2.45, 2.75) is 0 Å². The summed E-state index contributed by atoms with van der Waals surface area (Å²) in [6, 6.07) is 11.1. The Hall–Kier alpha value is -2.42. The van der Waals surface area contributed by atoms with Crippen molar-refractivity contribution in [2.24, 2.45) is 0 Å². The third-order valence-electron chi connectivity index (χ3n) is 3.27. The van der Waals surface area contributed by atoms with Crippen LogP contribution in [0, 0.1) is 9.39 Å². The zero-order valence-corrected chi connectivity index (χ0v) is 13.9. The zero-order chi connectivity index (χ0) is 16.4. The zero-order valence-electron chi connectivity index (χ0n) is 11.7. The van der Waals surface area contributed by atoms with E-state index in [2.05, 4.69) is 9.97 Å². The van der Waals surface area contributed by atoms with Crippen LogP contribution in [0.3, 0.4) is 0 Å². The molecule has 116 valence electrons. The van der Waals surface area contributed by atoms with Crippen molar-refractivity contribution in [3.63, 3.8) is 0 Å². The van der Waals surface area contributed by atoms with Crippen molar-refractivity contribution in [1.82, 2.24) is 9.97 Å². The molecule has 0 aliphatic rings. The van der Waals surface area contributed by atoms with E-state index >= 15 is 0 Å². The Balaban J connectivity index is 2.08. The molecule has 23 heavy (non-hydrogen) atoms. The first-order valence-corrected chi connectivity index (χ1v) is 9.42. The van der Waals surface area contributed by atoms with Gasteiger partial charge in [0, 0.05) is 11.1 Å². The molecule has 5 nitrogen and oxygen atoms in total. The Morgan fingerprint density at radius 1 is 0.957 bits per heavy atom. The van der Waals surface area contributed by atoms with Gasteiger partial charge in [-0.1, -0.05) is 24.3 Å². The number of anilines is 1. The van der Waals surface area contributed by atoms with E-state index in [9.17, 15) is 10.5 Å². The largest absolute Gasteiger partial charge is 0.382 e. The van der Waals surface area contributed by atoms with Gasteiger partial charge in [0.1, 0.15) is 11.6 Å². The normalized spacial score (nSPS) is 10.9. The molecule has 0 saturated carbocycles. The van der Waals surface area contributed by atoms with Crippen LogP contribution in [0.15, 0.2) is 54.9 Å². The van der Waals surface area contributed by atoms with E-state index in [1.165, 1.54) is 24.5 Å². The average Bonchev–Trinajstić information content (AvgIpc) is 2.56. The van der Waals surface area contributed by atoms with Gasteiger partial charge in [0.05, 0.1) is 21.7 Å². The molecule has 0 radical (unpaired) electrons. The maximum Gasteiger partial charge on any atom is 0.341 e. The molecule has 3 rings (SSSR count). The van der Waals surface area contributed by atoms with E-state index < -0.39 is 25.6 Å². The number of benzene rings is 2. The van der Waals surface area contributed by atoms with Crippen LogP contribution >= 0.6 is 19.8 Å². The first-order valence-electron chi connectivity index (χ1n) is 6.58. The van der Waals surface area contributed by atoms with Gasteiger partial charge in [-0.3, -0.25) is 4.98 Å². The molecule has 0 unspecified atom stereocenters. The second-order valence-corrected chi connectivity index (χ2v) is 7.12. The summed E-state index contributed by atoms with van der Waals surface area (Å²) >= 11 is -3.66. The predicted octanol–water partition coefficient (Wildman–Crippen LogP) is 3.90. The molecule has 0 bridgehead atoms. The maximum absolute atomic E-state index is 14.4. The summed E-state index contributed by atoms with van der Waals surface area (Å²) in [6.07, 6.45) is 2.74. The Morgan fingerprint density at radius 3 is 2.39 bits per heavy atom. The first kappa shape index (κ1) is 15.5. The van der Waals surface area contributed by atoms with E-state index in [-0.39, 0.29) is 15.0 Å². The van der Waals surface area contributed by atoms with E-state index in [0.717, 1.165) is 0 Å². The fourth-order valence-electron chi connectivity index (χ4n) is 2.20. The minimum absolute atomic E-state index is 0.246. The second kappa shape index (κ2) is 6.37. The lowest BCUT2D eigenvalue weighted by Gasteiger charge is -2.07. The second-order valence-electron chi connectivity index (χ2n) is 4.72. The summed E-state index contributed by atoms with van der Waals surface area (Å²) in [4.78, 5) is 7.92. The topological polar surface area (TPSA) is 85.9 Å². The average molecular weight is 423 g/mol. The van der Waals surface area contributed by atoms with Gasteiger partial charge in [-0.25, -0.2) is 15.5 Å². The SMILES string of the molecule is Nc1cnc(-c2ccc(-c3ccccc3I(=O)=O)cc2F)cn1. The molecule has 0 amide bonds. The summed E-state index contributed by atoms with van der Waals surface area (Å²) < 4.78 is 37.5. The smallest absolute Gasteiger partial charge is 0.341 e. The van der Waals surface area contributed by atoms with Gasteiger partial charge < -0.3 is 5.73 Å². The molecule has 0 atom stereocenters. The van der Waals surface area contributed by atoms with Crippen LogP contribution in [-0.2, 0) is 6.14 Å². The van der Waals surface area contributed by atoms with Crippen LogP contribution in [0.2, 0.25) is 0 Å². The summed E-state index contributed by atoms with van der Waals surface area (Å²) in [7, 11) is 0. The molecular weight excluding hydrogens is 412 g/mol. The van der Waals surface area contributed by atoms with Gasteiger partial charge in [-0.15, -0.1) is 0 Å². The lowest BCUT2D eigenvalue weighted by Crippen LogP contribution is -1.94. The number of rotatable bonds is 3. The molecule has 0 aliphatic carbocycles. The quantitative estimate of drug-likeness (QED) is 0.646. The third-order valence-corrected chi connectivity index (χ3v) is 5.16. The van der Waals surface area contributed by atoms with Crippen molar-refractivity contribution >= 4 is 25.6 Å². The van der Waals surface area contributed by atoms with E-state index in [0.29, 0.717) is 16.8 Å². The first-order chi connectivity index (χ1) is 11.1. The van der Waals surface area contributed by atoms with Crippen molar-refractivity contribution < 1.29 is 10.5 Å². The third kappa shape index (κ3) is 3.19. The highest BCUT2D eigenvalue weighted by atomic mass is 127. The number of hydrogen-bond donors (Lipinski definition) is 1. The van der Waals surface area contributed by atoms with Crippen LogP contribution < -0.4 is 5.73 Å². The number of halogens is 2. The molecule has 3 aromatic rings. The number of aromatic nitrogens is 2. The lowest BCUT2D eigenvalue weighted by molar-refractivity contribution is 0.610. The summed E-state index contributed by atoms with van der Waals surface area (Å²) in [5, 5.41) is 0. The molecule has 0 aliphatic heterocycles. The fraction of sp³-hybridized carbons (Fsp3) is 0. The number of nitrogens with two attached hydrogens (primary N) is 1. The summed E-state index contributed by atoms with van der Waals surface area (Å²) in [5.41, 5.74) is 7.10. The predicted molar refractivity (Wildman–Crippen MR) is 91.4 cm³/mol. The molecule has 1 aromatic heterocycles. The van der Waals surface area contributed by atoms with Crippen LogP contribution in [0.5, 0.6) is 0 Å². The van der Waals surface area contributed by atoms with Gasteiger partial charge in [0.2, 0.25) is 0 Å². The van der Waals surface area contributed by atoms with Crippen LogP contribution in [0.4, 0.5) is 10.2 Å². The summed E-state index contributed by atoms with van der Waals surface area (Å²) in [6.45, 7) is 0. The Labute approximate surface area is 138 Å².